The van der Waals surface area contributed by atoms with E-state index in [-0.39, 0.29) is 11.8 Å². The normalized spacial score (nSPS) is 10.3. The minimum atomic E-state index is -0.469. The second-order valence-corrected chi connectivity index (χ2v) is 7.55. The van der Waals surface area contributed by atoms with Gasteiger partial charge >= 0.3 is 5.97 Å². The molecule has 3 aromatic rings. The predicted octanol–water partition coefficient (Wildman–Crippen LogP) is 4.03. The summed E-state index contributed by atoms with van der Waals surface area (Å²) >= 11 is 1.33. The van der Waals surface area contributed by atoms with Crippen molar-refractivity contribution in [3.05, 3.63) is 87.8 Å². The van der Waals surface area contributed by atoms with Crippen LogP contribution >= 0.6 is 11.3 Å². The average molecular weight is 408 g/mol. The van der Waals surface area contributed by atoms with E-state index in [9.17, 15) is 14.4 Å². The zero-order valence-corrected chi connectivity index (χ0v) is 16.8. The standard InChI is InChI=1S/C22H20N2O4S/c1-14-12-18(20(26)23-13-15-6-4-3-5-7-15)21(29-14)24-19(25)16-8-10-17(11-9-16)22(27)28-2/h3-12H,13H2,1-2H3,(H,23,26)(H,24,25). The summed E-state index contributed by atoms with van der Waals surface area (Å²) in [6.45, 7) is 2.27. The average Bonchev–Trinajstić information content (AvgIpc) is 3.12. The minimum Gasteiger partial charge on any atom is -0.465 e. The fourth-order valence-corrected chi connectivity index (χ4v) is 3.60. The van der Waals surface area contributed by atoms with Crippen molar-refractivity contribution >= 4 is 34.1 Å². The number of methoxy groups -OCH3 is 1. The second kappa shape index (κ2) is 9.16. The van der Waals surface area contributed by atoms with E-state index in [1.54, 1.807) is 6.07 Å². The number of rotatable bonds is 6. The number of nitrogens with one attached hydrogen (secondary N) is 2. The summed E-state index contributed by atoms with van der Waals surface area (Å²) in [5.41, 5.74) is 2.14. The molecule has 1 heterocycles. The van der Waals surface area contributed by atoms with Gasteiger partial charge in [-0.2, -0.15) is 0 Å². The summed E-state index contributed by atoms with van der Waals surface area (Å²) in [4.78, 5) is 37.6. The Bertz CT molecular complexity index is 1030. The molecule has 3 rings (SSSR count). The molecule has 29 heavy (non-hydrogen) atoms. The zero-order valence-electron chi connectivity index (χ0n) is 16.0. The second-order valence-electron chi connectivity index (χ2n) is 6.29. The van der Waals surface area contributed by atoms with Crippen molar-refractivity contribution in [2.24, 2.45) is 0 Å². The lowest BCUT2D eigenvalue weighted by Gasteiger charge is -2.08. The number of carbonyl (C=O) groups is 3. The highest BCUT2D eigenvalue weighted by Crippen LogP contribution is 2.28. The highest BCUT2D eigenvalue weighted by Gasteiger charge is 2.18. The monoisotopic (exact) mass is 408 g/mol. The zero-order chi connectivity index (χ0) is 20.8. The minimum absolute atomic E-state index is 0.255. The Kier molecular flexibility index (Phi) is 6.41. The van der Waals surface area contributed by atoms with Crippen LogP contribution in [0.25, 0.3) is 0 Å². The van der Waals surface area contributed by atoms with E-state index in [1.165, 1.54) is 42.7 Å². The molecule has 6 nitrogen and oxygen atoms in total. The molecule has 0 saturated carbocycles. The lowest BCUT2D eigenvalue weighted by Crippen LogP contribution is -2.24. The van der Waals surface area contributed by atoms with Crippen LogP contribution in [-0.4, -0.2) is 24.9 Å². The molecule has 0 aliphatic carbocycles. The Labute approximate surface area is 172 Å². The maximum atomic E-state index is 12.6. The number of amides is 2. The largest absolute Gasteiger partial charge is 0.465 e. The Balaban J connectivity index is 1.70. The number of esters is 1. The molecule has 1 aromatic heterocycles. The number of thiophene rings is 1. The van der Waals surface area contributed by atoms with E-state index in [2.05, 4.69) is 15.4 Å². The summed E-state index contributed by atoms with van der Waals surface area (Å²) in [7, 11) is 1.30. The van der Waals surface area contributed by atoms with Crippen molar-refractivity contribution < 1.29 is 19.1 Å². The summed E-state index contributed by atoms with van der Waals surface area (Å²) in [6.07, 6.45) is 0. The van der Waals surface area contributed by atoms with E-state index < -0.39 is 5.97 Å². The van der Waals surface area contributed by atoms with Crippen molar-refractivity contribution in [3.8, 4) is 0 Å². The topological polar surface area (TPSA) is 84.5 Å². The molecule has 0 aliphatic rings. The summed E-state index contributed by atoms with van der Waals surface area (Å²) in [5.74, 6) is -1.09. The van der Waals surface area contributed by atoms with Crippen molar-refractivity contribution in [1.82, 2.24) is 5.32 Å². The van der Waals surface area contributed by atoms with Gasteiger partial charge in [-0.05, 0) is 42.8 Å². The molecule has 2 aromatic carbocycles. The van der Waals surface area contributed by atoms with Crippen LogP contribution < -0.4 is 10.6 Å². The van der Waals surface area contributed by atoms with Gasteiger partial charge in [0.05, 0.1) is 18.2 Å². The number of carbonyl (C=O) groups excluding carboxylic acids is 3. The van der Waals surface area contributed by atoms with Crippen LogP contribution in [0.4, 0.5) is 5.00 Å². The molecule has 0 radical (unpaired) electrons. The highest BCUT2D eigenvalue weighted by atomic mass is 32.1. The van der Waals surface area contributed by atoms with Crippen LogP contribution in [0.2, 0.25) is 0 Å². The highest BCUT2D eigenvalue weighted by molar-refractivity contribution is 7.16. The van der Waals surface area contributed by atoms with Gasteiger partial charge in [-0.15, -0.1) is 11.3 Å². The van der Waals surface area contributed by atoms with E-state index in [4.69, 9.17) is 0 Å². The van der Waals surface area contributed by atoms with Gasteiger partial charge in [-0.3, -0.25) is 9.59 Å². The third-order valence-electron chi connectivity index (χ3n) is 4.19. The molecule has 0 atom stereocenters. The van der Waals surface area contributed by atoms with Crippen molar-refractivity contribution in [1.29, 1.82) is 0 Å². The predicted molar refractivity (Wildman–Crippen MR) is 112 cm³/mol. The summed E-state index contributed by atoms with van der Waals surface area (Å²) < 4.78 is 4.65. The maximum Gasteiger partial charge on any atom is 0.337 e. The van der Waals surface area contributed by atoms with Crippen molar-refractivity contribution in [2.75, 3.05) is 12.4 Å². The van der Waals surface area contributed by atoms with Gasteiger partial charge in [0.15, 0.2) is 0 Å². The molecule has 0 saturated heterocycles. The van der Waals surface area contributed by atoms with Crippen LogP contribution in [0.1, 0.15) is 41.5 Å². The first kappa shape index (κ1) is 20.3. The first-order valence-corrected chi connectivity index (χ1v) is 9.72. The van der Waals surface area contributed by atoms with Crippen LogP contribution in [-0.2, 0) is 11.3 Å². The van der Waals surface area contributed by atoms with Gasteiger partial charge in [0, 0.05) is 17.0 Å². The number of anilines is 1. The van der Waals surface area contributed by atoms with Gasteiger partial charge in [-0.25, -0.2) is 4.79 Å². The number of ether oxygens (including phenoxy) is 1. The van der Waals surface area contributed by atoms with Gasteiger partial charge in [0.25, 0.3) is 11.8 Å². The molecular formula is C22H20N2O4S. The molecule has 7 heteroatoms. The molecule has 0 spiro atoms. The number of hydrogen-bond acceptors (Lipinski definition) is 5. The third kappa shape index (κ3) is 5.08. The molecule has 2 amide bonds. The SMILES string of the molecule is COC(=O)c1ccc(C(=O)Nc2sc(C)cc2C(=O)NCc2ccccc2)cc1. The van der Waals surface area contributed by atoms with Gasteiger partial charge in [0.1, 0.15) is 5.00 Å². The Morgan fingerprint density at radius 2 is 1.59 bits per heavy atom. The van der Waals surface area contributed by atoms with Crippen molar-refractivity contribution in [2.45, 2.75) is 13.5 Å². The summed E-state index contributed by atoms with van der Waals surface area (Å²) in [5, 5.41) is 6.15. The molecule has 0 aliphatic heterocycles. The number of aryl methyl sites for hydroxylation is 1. The molecular weight excluding hydrogens is 388 g/mol. The Morgan fingerprint density at radius 3 is 2.24 bits per heavy atom. The van der Waals surface area contributed by atoms with E-state index in [1.807, 2.05) is 37.3 Å². The van der Waals surface area contributed by atoms with Gasteiger partial charge < -0.3 is 15.4 Å². The van der Waals surface area contributed by atoms with E-state index in [0.717, 1.165) is 10.4 Å². The van der Waals surface area contributed by atoms with Crippen LogP contribution in [0, 0.1) is 6.92 Å². The Morgan fingerprint density at radius 1 is 0.931 bits per heavy atom. The molecule has 2 N–H and O–H groups in total. The maximum absolute atomic E-state index is 12.6. The van der Waals surface area contributed by atoms with Crippen molar-refractivity contribution in [3.63, 3.8) is 0 Å². The van der Waals surface area contributed by atoms with Gasteiger partial charge in [0.2, 0.25) is 0 Å². The fraction of sp³-hybridized carbons (Fsp3) is 0.136. The molecule has 0 unspecified atom stereocenters. The van der Waals surface area contributed by atoms with E-state index in [0.29, 0.717) is 28.2 Å². The summed E-state index contributed by atoms with van der Waals surface area (Å²) in [6, 6.07) is 17.5. The third-order valence-corrected chi connectivity index (χ3v) is 5.16. The van der Waals surface area contributed by atoms with Crippen LogP contribution in [0.5, 0.6) is 0 Å². The molecule has 0 fully saturated rings. The molecule has 148 valence electrons. The quantitative estimate of drug-likeness (QED) is 0.603. The first-order valence-electron chi connectivity index (χ1n) is 8.90. The fourth-order valence-electron chi connectivity index (χ4n) is 2.70. The first-order chi connectivity index (χ1) is 14.0. The van der Waals surface area contributed by atoms with Gasteiger partial charge in [-0.1, -0.05) is 30.3 Å². The molecule has 0 bridgehead atoms. The smallest absolute Gasteiger partial charge is 0.337 e. The Hall–Kier alpha value is -3.45. The van der Waals surface area contributed by atoms with Crippen LogP contribution in [0.15, 0.2) is 60.7 Å². The van der Waals surface area contributed by atoms with Crippen LogP contribution in [0.3, 0.4) is 0 Å². The lowest BCUT2D eigenvalue weighted by atomic mass is 10.1. The van der Waals surface area contributed by atoms with E-state index >= 15 is 0 Å². The number of hydrogen-bond donors (Lipinski definition) is 2. The number of benzene rings is 2. The lowest BCUT2D eigenvalue weighted by molar-refractivity contribution is 0.0600.